The van der Waals surface area contributed by atoms with Gasteiger partial charge in [-0.05, 0) is 34.6 Å². The molecule has 0 saturated carbocycles. The Bertz CT molecular complexity index is 448. The minimum atomic E-state index is -0.696. The van der Waals surface area contributed by atoms with Crippen LogP contribution in [0.1, 0.15) is 43.2 Å². The summed E-state index contributed by atoms with van der Waals surface area (Å²) in [5.74, 6) is -0.819. The summed E-state index contributed by atoms with van der Waals surface area (Å²) in [6.07, 6.45) is 0. The summed E-state index contributed by atoms with van der Waals surface area (Å²) in [5, 5.41) is 5.03. The number of aryl methyl sites for hydroxylation is 1. The Labute approximate surface area is 111 Å². The van der Waals surface area contributed by atoms with Crippen LogP contribution < -0.4 is 5.32 Å². The van der Waals surface area contributed by atoms with Gasteiger partial charge in [0.2, 0.25) is 0 Å². The first-order valence-electron chi connectivity index (χ1n) is 5.65. The van der Waals surface area contributed by atoms with Crippen molar-refractivity contribution in [2.45, 2.75) is 46.3 Å². The van der Waals surface area contributed by atoms with Crippen LogP contribution in [-0.2, 0) is 9.53 Å². The second-order valence-corrected chi connectivity index (χ2v) is 6.04. The first-order valence-corrected chi connectivity index (χ1v) is 6.53. The predicted molar refractivity (Wildman–Crippen MR) is 69.6 cm³/mol. The van der Waals surface area contributed by atoms with Gasteiger partial charge in [-0.15, -0.1) is 11.3 Å². The van der Waals surface area contributed by atoms with Crippen molar-refractivity contribution in [3.8, 4) is 0 Å². The number of esters is 1. The number of carbonyl (C=O) groups is 2. The Morgan fingerprint density at radius 2 is 2.06 bits per heavy atom. The van der Waals surface area contributed by atoms with Crippen LogP contribution in [0, 0.1) is 6.92 Å². The molecule has 1 aromatic heterocycles. The molecule has 0 fully saturated rings. The summed E-state index contributed by atoms with van der Waals surface area (Å²) in [4.78, 5) is 27.5. The lowest BCUT2D eigenvalue weighted by Crippen LogP contribution is -2.42. The van der Waals surface area contributed by atoms with E-state index in [0.717, 1.165) is 5.01 Å². The molecule has 0 saturated heterocycles. The van der Waals surface area contributed by atoms with Gasteiger partial charge in [-0.1, -0.05) is 0 Å². The van der Waals surface area contributed by atoms with Crippen molar-refractivity contribution in [2.24, 2.45) is 0 Å². The van der Waals surface area contributed by atoms with Gasteiger partial charge in [0, 0.05) is 5.38 Å². The van der Waals surface area contributed by atoms with E-state index in [9.17, 15) is 9.59 Å². The summed E-state index contributed by atoms with van der Waals surface area (Å²) in [6.45, 7) is 8.75. The van der Waals surface area contributed by atoms with Gasteiger partial charge in [0.1, 0.15) is 17.3 Å². The third kappa shape index (κ3) is 4.44. The molecule has 100 valence electrons. The Hall–Kier alpha value is -1.43. The van der Waals surface area contributed by atoms with Crippen LogP contribution in [0.4, 0.5) is 0 Å². The van der Waals surface area contributed by atoms with Crippen LogP contribution in [0.25, 0.3) is 0 Å². The van der Waals surface area contributed by atoms with Crippen molar-refractivity contribution < 1.29 is 14.3 Å². The van der Waals surface area contributed by atoms with E-state index in [1.807, 2.05) is 6.92 Å². The van der Waals surface area contributed by atoms with Crippen LogP contribution >= 0.6 is 11.3 Å². The SMILES string of the molecule is Cc1nc(C(=O)N[C@H](C)C(=O)OC(C)(C)C)cs1. The van der Waals surface area contributed by atoms with Gasteiger partial charge in [-0.2, -0.15) is 0 Å². The number of thiazole rings is 1. The van der Waals surface area contributed by atoms with Gasteiger partial charge in [0.15, 0.2) is 0 Å². The van der Waals surface area contributed by atoms with E-state index in [4.69, 9.17) is 4.74 Å². The van der Waals surface area contributed by atoms with E-state index in [1.54, 1.807) is 33.1 Å². The molecule has 1 heterocycles. The van der Waals surface area contributed by atoms with Crippen LogP contribution in [-0.4, -0.2) is 28.5 Å². The van der Waals surface area contributed by atoms with Crippen molar-refractivity contribution >= 4 is 23.2 Å². The van der Waals surface area contributed by atoms with E-state index < -0.39 is 17.6 Å². The van der Waals surface area contributed by atoms with Gasteiger partial charge < -0.3 is 10.1 Å². The molecule has 18 heavy (non-hydrogen) atoms. The van der Waals surface area contributed by atoms with Crippen LogP contribution in [0.2, 0.25) is 0 Å². The summed E-state index contributed by atoms with van der Waals surface area (Å²) in [5.41, 5.74) is -0.235. The average molecular weight is 270 g/mol. The molecule has 0 aliphatic heterocycles. The van der Waals surface area contributed by atoms with Crippen molar-refractivity contribution in [1.29, 1.82) is 0 Å². The average Bonchev–Trinajstić information content (AvgIpc) is 2.62. The Morgan fingerprint density at radius 3 is 2.50 bits per heavy atom. The highest BCUT2D eigenvalue weighted by atomic mass is 32.1. The second-order valence-electron chi connectivity index (χ2n) is 4.98. The maximum absolute atomic E-state index is 11.8. The number of rotatable bonds is 3. The van der Waals surface area contributed by atoms with Crippen LogP contribution in [0.3, 0.4) is 0 Å². The molecule has 0 aliphatic carbocycles. The molecule has 1 N–H and O–H groups in total. The fraction of sp³-hybridized carbons (Fsp3) is 0.583. The standard InChI is InChI=1S/C12H18N2O3S/c1-7(11(16)17-12(3,4)5)13-10(15)9-6-18-8(2)14-9/h6-7H,1-5H3,(H,13,15)/t7-/m1/s1. The monoisotopic (exact) mass is 270 g/mol. The van der Waals surface area contributed by atoms with Crippen molar-refractivity contribution in [3.05, 3.63) is 16.1 Å². The number of ether oxygens (including phenoxy) is 1. The highest BCUT2D eigenvalue weighted by Crippen LogP contribution is 2.10. The minimum absolute atomic E-state index is 0.327. The highest BCUT2D eigenvalue weighted by molar-refractivity contribution is 7.09. The number of carbonyl (C=O) groups excluding carboxylic acids is 2. The number of amides is 1. The topological polar surface area (TPSA) is 68.3 Å². The lowest BCUT2D eigenvalue weighted by molar-refractivity contribution is -0.156. The molecule has 1 aromatic rings. The fourth-order valence-corrected chi connectivity index (χ4v) is 1.78. The molecule has 0 aliphatic rings. The molecule has 6 heteroatoms. The van der Waals surface area contributed by atoms with Crippen molar-refractivity contribution in [1.82, 2.24) is 10.3 Å². The van der Waals surface area contributed by atoms with Crippen LogP contribution in [0.5, 0.6) is 0 Å². The van der Waals surface area contributed by atoms with Crippen molar-refractivity contribution in [3.63, 3.8) is 0 Å². The number of nitrogens with one attached hydrogen (secondary N) is 1. The number of hydrogen-bond donors (Lipinski definition) is 1. The third-order valence-electron chi connectivity index (χ3n) is 1.96. The second kappa shape index (κ2) is 5.48. The largest absolute Gasteiger partial charge is 0.458 e. The lowest BCUT2D eigenvalue weighted by atomic mass is 10.2. The van der Waals surface area contributed by atoms with Gasteiger partial charge in [-0.25, -0.2) is 9.78 Å². The lowest BCUT2D eigenvalue weighted by Gasteiger charge is -2.22. The van der Waals surface area contributed by atoms with E-state index >= 15 is 0 Å². The molecule has 1 rings (SSSR count). The molecular weight excluding hydrogens is 252 g/mol. The van der Waals surface area contributed by atoms with Gasteiger partial charge >= 0.3 is 5.97 Å². The molecule has 1 atom stereocenters. The molecule has 1 amide bonds. The summed E-state index contributed by atoms with van der Waals surface area (Å²) in [7, 11) is 0. The van der Waals surface area contributed by atoms with E-state index in [2.05, 4.69) is 10.3 Å². The molecule has 0 unspecified atom stereocenters. The maximum atomic E-state index is 11.8. The zero-order chi connectivity index (χ0) is 13.9. The first kappa shape index (κ1) is 14.6. The van der Waals surface area contributed by atoms with Gasteiger partial charge in [0.05, 0.1) is 5.01 Å². The van der Waals surface area contributed by atoms with Gasteiger partial charge in [0.25, 0.3) is 5.91 Å². The summed E-state index contributed by atoms with van der Waals surface area (Å²) in [6, 6.07) is -0.696. The normalized spacial score (nSPS) is 12.9. The van der Waals surface area contributed by atoms with Gasteiger partial charge in [-0.3, -0.25) is 4.79 Å². The Kier molecular flexibility index (Phi) is 4.45. The zero-order valence-corrected chi connectivity index (χ0v) is 12.1. The Morgan fingerprint density at radius 1 is 1.44 bits per heavy atom. The quantitative estimate of drug-likeness (QED) is 0.852. The van der Waals surface area contributed by atoms with E-state index in [-0.39, 0.29) is 5.91 Å². The molecule has 0 bridgehead atoms. The molecule has 5 nitrogen and oxygen atoms in total. The summed E-state index contributed by atoms with van der Waals surface area (Å²) >= 11 is 1.39. The number of hydrogen-bond acceptors (Lipinski definition) is 5. The zero-order valence-electron chi connectivity index (χ0n) is 11.2. The van der Waals surface area contributed by atoms with E-state index in [0.29, 0.717) is 5.69 Å². The third-order valence-corrected chi connectivity index (χ3v) is 2.73. The minimum Gasteiger partial charge on any atom is -0.458 e. The summed E-state index contributed by atoms with van der Waals surface area (Å²) < 4.78 is 5.17. The fourth-order valence-electron chi connectivity index (χ4n) is 1.19. The molecule has 0 spiro atoms. The predicted octanol–water partition coefficient (Wildman–Crippen LogP) is 1.91. The molecule has 0 aromatic carbocycles. The molecule has 0 radical (unpaired) electrons. The molecular formula is C12H18N2O3S. The number of nitrogens with zero attached hydrogens (tertiary/aromatic N) is 1. The Balaban J connectivity index is 2.57. The van der Waals surface area contributed by atoms with Crippen molar-refractivity contribution in [2.75, 3.05) is 0 Å². The van der Waals surface area contributed by atoms with E-state index in [1.165, 1.54) is 11.3 Å². The highest BCUT2D eigenvalue weighted by Gasteiger charge is 2.23. The maximum Gasteiger partial charge on any atom is 0.328 e. The van der Waals surface area contributed by atoms with Crippen LogP contribution in [0.15, 0.2) is 5.38 Å². The first-order chi connectivity index (χ1) is 8.19. The number of aromatic nitrogens is 1. The smallest absolute Gasteiger partial charge is 0.328 e.